The fourth-order valence-electron chi connectivity index (χ4n) is 6.00. The molecule has 0 aromatic heterocycles. The Morgan fingerprint density at radius 3 is 1.90 bits per heavy atom. The van der Waals surface area contributed by atoms with E-state index in [1.807, 2.05) is 13.8 Å². The zero-order valence-corrected chi connectivity index (χ0v) is 24.8. The minimum atomic E-state index is -0.530. The van der Waals surface area contributed by atoms with Gasteiger partial charge >= 0.3 is 14.2 Å². The maximum absolute atomic E-state index is 9.90. The van der Waals surface area contributed by atoms with Gasteiger partial charge in [0, 0.05) is 43.2 Å². The molecule has 0 radical (unpaired) electrons. The molecule has 0 amide bonds. The summed E-state index contributed by atoms with van der Waals surface area (Å²) in [6.07, 6.45) is 8.89. The van der Waals surface area contributed by atoms with Gasteiger partial charge in [0.1, 0.15) is 0 Å². The van der Waals surface area contributed by atoms with Crippen molar-refractivity contribution in [1.82, 2.24) is 0 Å². The van der Waals surface area contributed by atoms with E-state index in [4.69, 9.17) is 18.6 Å². The molecule has 3 aliphatic rings. The van der Waals surface area contributed by atoms with E-state index in [0.717, 1.165) is 48.6 Å². The van der Waals surface area contributed by atoms with Crippen molar-refractivity contribution in [3.63, 3.8) is 0 Å². The van der Waals surface area contributed by atoms with Crippen molar-refractivity contribution in [2.75, 3.05) is 39.6 Å². The third kappa shape index (κ3) is 7.09. The van der Waals surface area contributed by atoms with Gasteiger partial charge in [-0.15, -0.1) is 0 Å². The van der Waals surface area contributed by atoms with Gasteiger partial charge in [-0.05, 0) is 67.5 Å². The molecule has 214 valence electrons. The molecule has 6 nitrogen and oxygen atoms in total. The summed E-state index contributed by atoms with van der Waals surface area (Å²) < 4.78 is 25.4. The average Bonchev–Trinajstić information content (AvgIpc) is 2.93. The quantitative estimate of drug-likeness (QED) is 0.267. The van der Waals surface area contributed by atoms with Crippen molar-refractivity contribution >= 4 is 25.2 Å². The molecule has 1 aromatic carbocycles. The van der Waals surface area contributed by atoms with Crippen molar-refractivity contribution in [3.05, 3.63) is 47.1 Å². The molecule has 39 heavy (non-hydrogen) atoms. The molecule has 2 N–H and O–H groups in total. The van der Waals surface area contributed by atoms with E-state index < -0.39 is 25.1 Å². The monoisotopic (exact) mass is 538 g/mol. The zero-order valence-electron chi connectivity index (χ0n) is 24.8. The maximum Gasteiger partial charge on any atom is 0.494 e. The summed E-state index contributed by atoms with van der Waals surface area (Å²) in [6, 6.07) is 4.55. The van der Waals surface area contributed by atoms with Crippen LogP contribution in [0.1, 0.15) is 83.8 Å². The second kappa shape index (κ2) is 13.1. The number of allylic oxidation sites excluding steroid dienone is 3. The number of rotatable bonds is 10. The summed E-state index contributed by atoms with van der Waals surface area (Å²) >= 11 is 0. The predicted molar refractivity (Wildman–Crippen MR) is 159 cm³/mol. The number of aliphatic hydroxyl groups excluding tert-OH is 2. The second-order valence-corrected chi connectivity index (χ2v) is 13.0. The Balaban J connectivity index is 1.84. The van der Waals surface area contributed by atoms with E-state index in [2.05, 4.69) is 45.6 Å². The molecule has 2 unspecified atom stereocenters. The van der Waals surface area contributed by atoms with Crippen LogP contribution >= 0.6 is 0 Å². The maximum atomic E-state index is 9.90. The van der Waals surface area contributed by atoms with E-state index in [9.17, 15) is 10.2 Å². The molecule has 8 heteroatoms. The van der Waals surface area contributed by atoms with Crippen molar-refractivity contribution in [2.24, 2.45) is 16.7 Å². The highest BCUT2D eigenvalue weighted by atomic mass is 16.6. The largest absolute Gasteiger partial charge is 0.494 e. The lowest BCUT2D eigenvalue weighted by atomic mass is 9.59. The third-order valence-corrected chi connectivity index (χ3v) is 8.69. The summed E-state index contributed by atoms with van der Waals surface area (Å²) in [5.74, 6) is 0.386. The normalized spacial score (nSPS) is 24.9. The first kappa shape index (κ1) is 30.5. The van der Waals surface area contributed by atoms with Crippen LogP contribution in [0.5, 0.6) is 0 Å². The first-order valence-corrected chi connectivity index (χ1v) is 14.8. The summed E-state index contributed by atoms with van der Waals surface area (Å²) in [4.78, 5) is 0. The lowest BCUT2D eigenvalue weighted by Gasteiger charge is -2.39. The highest BCUT2D eigenvalue weighted by molar-refractivity contribution is 6.66. The molecule has 2 atom stereocenters. The molecule has 2 heterocycles. The highest BCUT2D eigenvalue weighted by Gasteiger charge is 2.44. The standard InChI is InChI=1S/C31H48B2O6/c1-7-8-9-10-24-14-27(32-36-18-30(5,16-34)19-37-32)29(26-13-23(4)11-12-25(26)22(2)3)28(15-24)33-38-20-31(6,17-35)21-39-33/h13-15,25-26,34-35H,2,7-12,16-21H2,1,3-6H3. The average molecular weight is 538 g/mol. The van der Waals surface area contributed by atoms with Gasteiger partial charge in [-0.3, -0.25) is 0 Å². The SMILES string of the molecule is C=C(C)C1CCC(C)=CC1c1c(B2OCC(C)(CO)CO2)cc(CCCCC)cc1B1OCC(C)(CO)CO1. The molecule has 1 aliphatic carbocycles. The minimum absolute atomic E-state index is 0.0184. The van der Waals surface area contributed by atoms with Crippen LogP contribution in [0, 0.1) is 16.7 Å². The first-order chi connectivity index (χ1) is 18.6. The fraction of sp³-hybridized carbons (Fsp3) is 0.677. The summed E-state index contributed by atoms with van der Waals surface area (Å²) in [7, 11) is -1.06. The number of hydrogen-bond acceptors (Lipinski definition) is 6. The third-order valence-electron chi connectivity index (χ3n) is 8.69. The van der Waals surface area contributed by atoms with Gasteiger partial charge in [0.25, 0.3) is 0 Å². The first-order valence-electron chi connectivity index (χ1n) is 14.8. The zero-order chi connectivity index (χ0) is 28.2. The van der Waals surface area contributed by atoms with Gasteiger partial charge in [0.2, 0.25) is 0 Å². The Morgan fingerprint density at radius 2 is 1.46 bits per heavy atom. The van der Waals surface area contributed by atoms with E-state index in [1.54, 1.807) is 0 Å². The Morgan fingerprint density at radius 1 is 0.949 bits per heavy atom. The Kier molecular flexibility index (Phi) is 10.2. The lowest BCUT2D eigenvalue weighted by Crippen LogP contribution is -2.56. The van der Waals surface area contributed by atoms with Crippen LogP contribution in [0.2, 0.25) is 0 Å². The minimum Gasteiger partial charge on any atom is -0.407 e. The van der Waals surface area contributed by atoms with Crippen LogP contribution in [0.15, 0.2) is 35.9 Å². The summed E-state index contributed by atoms with van der Waals surface area (Å²) in [5.41, 5.74) is 6.16. The molecule has 4 rings (SSSR count). The Labute approximate surface area is 236 Å². The van der Waals surface area contributed by atoms with Crippen molar-refractivity contribution in [1.29, 1.82) is 0 Å². The number of aryl methyl sites for hydroxylation is 1. The van der Waals surface area contributed by atoms with Gasteiger partial charge in [-0.2, -0.15) is 0 Å². The fourth-order valence-corrected chi connectivity index (χ4v) is 6.00. The van der Waals surface area contributed by atoms with E-state index in [0.29, 0.717) is 26.4 Å². The summed E-state index contributed by atoms with van der Waals surface area (Å²) in [6.45, 7) is 16.7. The van der Waals surface area contributed by atoms with E-state index in [1.165, 1.54) is 23.1 Å². The molecule has 2 fully saturated rings. The number of aliphatic hydroxyl groups is 2. The van der Waals surface area contributed by atoms with Gasteiger partial charge in [-0.25, -0.2) is 0 Å². The Bertz CT molecular complexity index is 973. The van der Waals surface area contributed by atoms with Crippen molar-refractivity contribution in [2.45, 2.75) is 79.1 Å². The smallest absolute Gasteiger partial charge is 0.407 e. The topological polar surface area (TPSA) is 77.4 Å². The van der Waals surface area contributed by atoms with E-state index in [-0.39, 0.29) is 25.0 Å². The van der Waals surface area contributed by atoms with Crippen LogP contribution in [-0.2, 0) is 25.0 Å². The van der Waals surface area contributed by atoms with Gasteiger partial charge in [-0.1, -0.05) is 69.5 Å². The van der Waals surface area contributed by atoms with Gasteiger partial charge in [0.05, 0.1) is 13.2 Å². The van der Waals surface area contributed by atoms with Crippen LogP contribution < -0.4 is 10.9 Å². The van der Waals surface area contributed by atoms with Crippen LogP contribution in [-0.4, -0.2) is 64.1 Å². The molecule has 0 saturated carbocycles. The Hall–Kier alpha value is -1.41. The van der Waals surface area contributed by atoms with Crippen molar-refractivity contribution < 1.29 is 28.8 Å². The number of benzene rings is 1. The summed E-state index contributed by atoms with van der Waals surface area (Å²) in [5, 5.41) is 19.8. The molecular formula is C31H48B2O6. The lowest BCUT2D eigenvalue weighted by molar-refractivity contribution is -0.0148. The molecule has 1 aromatic rings. The molecule has 0 spiro atoms. The molecule has 0 bridgehead atoms. The van der Waals surface area contributed by atoms with Crippen LogP contribution in [0.3, 0.4) is 0 Å². The molecule has 2 aliphatic heterocycles. The molecule has 2 saturated heterocycles. The predicted octanol–water partition coefficient (Wildman–Crippen LogP) is 3.92. The van der Waals surface area contributed by atoms with E-state index >= 15 is 0 Å². The number of unbranched alkanes of at least 4 members (excludes halogenated alkanes) is 2. The van der Waals surface area contributed by atoms with Crippen LogP contribution in [0.4, 0.5) is 0 Å². The second-order valence-electron chi connectivity index (χ2n) is 13.0. The number of hydrogen-bond donors (Lipinski definition) is 2. The van der Waals surface area contributed by atoms with Gasteiger partial charge in [0.15, 0.2) is 0 Å². The van der Waals surface area contributed by atoms with Crippen LogP contribution in [0.25, 0.3) is 0 Å². The molecular weight excluding hydrogens is 490 g/mol. The van der Waals surface area contributed by atoms with Crippen molar-refractivity contribution in [3.8, 4) is 0 Å². The van der Waals surface area contributed by atoms with Gasteiger partial charge < -0.3 is 28.8 Å². The highest BCUT2D eigenvalue weighted by Crippen LogP contribution is 2.40.